The van der Waals surface area contributed by atoms with E-state index in [1.54, 1.807) is 0 Å². The van der Waals surface area contributed by atoms with Crippen LogP contribution < -0.4 is 10.6 Å². The summed E-state index contributed by atoms with van der Waals surface area (Å²) in [5, 5.41) is 6.56. The summed E-state index contributed by atoms with van der Waals surface area (Å²) in [6, 6.07) is 0. The van der Waals surface area contributed by atoms with E-state index in [0.717, 1.165) is 36.1 Å². The molecule has 0 unspecified atom stereocenters. The summed E-state index contributed by atoms with van der Waals surface area (Å²) in [7, 11) is 6.08. The van der Waals surface area contributed by atoms with E-state index < -0.39 is 0 Å². The van der Waals surface area contributed by atoms with Gasteiger partial charge < -0.3 is 15.5 Å². The molecule has 0 aliphatic heterocycles. The normalized spacial score (nSPS) is 11.8. The van der Waals surface area contributed by atoms with Crippen molar-refractivity contribution < 1.29 is 0 Å². The Balaban J connectivity index is 2.80. The highest BCUT2D eigenvalue weighted by Crippen LogP contribution is 2.22. The lowest BCUT2D eigenvalue weighted by Gasteiger charge is -2.29. The second kappa shape index (κ2) is 6.19. The van der Waals surface area contributed by atoms with Crippen LogP contribution >= 0.6 is 0 Å². The molecule has 0 atom stereocenters. The van der Waals surface area contributed by atoms with Crippen LogP contribution in [0.15, 0.2) is 0 Å². The molecule has 0 aliphatic carbocycles. The van der Waals surface area contributed by atoms with Crippen LogP contribution in [0.5, 0.6) is 0 Å². The number of aryl methyl sites for hydroxylation is 1. The minimum Gasteiger partial charge on any atom is -0.373 e. The fourth-order valence-corrected chi connectivity index (χ4v) is 2.28. The topological polar surface area (TPSA) is 53.1 Å². The first-order valence-electron chi connectivity index (χ1n) is 6.67. The average Bonchev–Trinajstić information content (AvgIpc) is 2.28. The molecule has 1 aromatic rings. The Morgan fingerprint density at radius 1 is 1.11 bits per heavy atom. The minimum atomic E-state index is 0.189. The third kappa shape index (κ3) is 4.67. The molecule has 0 saturated heterocycles. The van der Waals surface area contributed by atoms with Crippen molar-refractivity contribution in [3.8, 4) is 0 Å². The largest absolute Gasteiger partial charge is 0.373 e. The van der Waals surface area contributed by atoms with Crippen molar-refractivity contribution >= 4 is 11.6 Å². The van der Waals surface area contributed by atoms with E-state index in [2.05, 4.69) is 53.4 Å². The number of anilines is 2. The second-order valence-electron chi connectivity index (χ2n) is 6.10. The molecule has 1 aromatic heterocycles. The van der Waals surface area contributed by atoms with Gasteiger partial charge in [0.1, 0.15) is 17.5 Å². The molecule has 0 bridgehead atoms. The molecule has 0 radical (unpaired) electrons. The lowest BCUT2D eigenvalue weighted by molar-refractivity contribution is 0.254. The van der Waals surface area contributed by atoms with Gasteiger partial charge in [0.05, 0.1) is 0 Å². The van der Waals surface area contributed by atoms with Crippen LogP contribution in [0.1, 0.15) is 25.2 Å². The Bertz CT molecular complexity index is 426. The summed E-state index contributed by atoms with van der Waals surface area (Å²) in [6.07, 6.45) is 0. The van der Waals surface area contributed by atoms with E-state index in [-0.39, 0.29) is 5.41 Å². The van der Waals surface area contributed by atoms with Crippen LogP contribution in [0.25, 0.3) is 0 Å². The first kappa shape index (κ1) is 15.7. The van der Waals surface area contributed by atoms with Crippen LogP contribution in [0.2, 0.25) is 0 Å². The van der Waals surface area contributed by atoms with E-state index in [0.29, 0.717) is 0 Å². The number of aromatic nitrogens is 2. The SMILES string of the molecule is CNc1nc(C)nc(NCC(C)(C)CN(C)C)c1C. The quantitative estimate of drug-likeness (QED) is 0.825. The van der Waals surface area contributed by atoms with Crippen molar-refractivity contribution in [2.24, 2.45) is 5.41 Å². The number of rotatable bonds is 6. The van der Waals surface area contributed by atoms with Gasteiger partial charge in [0.2, 0.25) is 0 Å². The highest BCUT2D eigenvalue weighted by atomic mass is 15.1. The molecule has 0 amide bonds. The van der Waals surface area contributed by atoms with Gasteiger partial charge in [0.25, 0.3) is 0 Å². The van der Waals surface area contributed by atoms with Crippen molar-refractivity contribution in [1.29, 1.82) is 0 Å². The maximum absolute atomic E-state index is 4.49. The fourth-order valence-electron chi connectivity index (χ4n) is 2.28. The molecule has 0 aromatic carbocycles. The summed E-state index contributed by atoms with van der Waals surface area (Å²) in [4.78, 5) is 11.1. The van der Waals surface area contributed by atoms with Crippen molar-refractivity contribution in [1.82, 2.24) is 14.9 Å². The zero-order valence-electron chi connectivity index (χ0n) is 13.3. The van der Waals surface area contributed by atoms with Gasteiger partial charge in [-0.2, -0.15) is 0 Å². The molecule has 19 heavy (non-hydrogen) atoms. The standard InChI is InChI=1S/C14H27N5/c1-10-12(15-5)17-11(2)18-13(10)16-8-14(3,4)9-19(6)7/h8-9H2,1-7H3,(H2,15,16,17,18). The summed E-state index contributed by atoms with van der Waals surface area (Å²) in [5.74, 6) is 2.59. The van der Waals surface area contributed by atoms with Gasteiger partial charge >= 0.3 is 0 Å². The molecule has 5 heteroatoms. The van der Waals surface area contributed by atoms with Gasteiger partial charge in [-0.3, -0.25) is 0 Å². The lowest BCUT2D eigenvalue weighted by Crippen LogP contribution is -2.34. The monoisotopic (exact) mass is 265 g/mol. The average molecular weight is 265 g/mol. The first-order chi connectivity index (χ1) is 8.75. The van der Waals surface area contributed by atoms with Crippen LogP contribution in [0.4, 0.5) is 11.6 Å². The third-order valence-corrected chi connectivity index (χ3v) is 2.97. The summed E-state index contributed by atoms with van der Waals surface area (Å²) in [6.45, 7) is 10.4. The molecule has 2 N–H and O–H groups in total. The van der Waals surface area contributed by atoms with E-state index in [1.165, 1.54) is 0 Å². The molecule has 0 saturated carbocycles. The summed E-state index contributed by atoms with van der Waals surface area (Å²) in [5.41, 5.74) is 1.25. The predicted octanol–water partition coefficient (Wildman–Crippen LogP) is 2.13. The van der Waals surface area contributed by atoms with Crippen molar-refractivity contribution in [3.05, 3.63) is 11.4 Å². The van der Waals surface area contributed by atoms with Gasteiger partial charge in [-0.1, -0.05) is 13.8 Å². The molecule has 0 fully saturated rings. The fraction of sp³-hybridized carbons (Fsp3) is 0.714. The van der Waals surface area contributed by atoms with Gasteiger partial charge in [0.15, 0.2) is 0 Å². The Morgan fingerprint density at radius 2 is 1.68 bits per heavy atom. The van der Waals surface area contributed by atoms with Gasteiger partial charge in [0, 0.05) is 25.7 Å². The van der Waals surface area contributed by atoms with Crippen LogP contribution in [0.3, 0.4) is 0 Å². The molecule has 0 spiro atoms. The number of nitrogens with zero attached hydrogens (tertiary/aromatic N) is 3. The second-order valence-corrected chi connectivity index (χ2v) is 6.10. The Hall–Kier alpha value is -1.36. The Morgan fingerprint density at radius 3 is 2.21 bits per heavy atom. The first-order valence-corrected chi connectivity index (χ1v) is 6.67. The summed E-state index contributed by atoms with van der Waals surface area (Å²) >= 11 is 0. The molecule has 1 rings (SSSR count). The minimum absolute atomic E-state index is 0.189. The van der Waals surface area contributed by atoms with E-state index in [4.69, 9.17) is 0 Å². The number of hydrogen-bond acceptors (Lipinski definition) is 5. The zero-order chi connectivity index (χ0) is 14.6. The molecule has 5 nitrogen and oxygen atoms in total. The van der Waals surface area contributed by atoms with Gasteiger partial charge in [-0.25, -0.2) is 9.97 Å². The van der Waals surface area contributed by atoms with Crippen molar-refractivity contribution in [2.75, 3.05) is 44.9 Å². The van der Waals surface area contributed by atoms with Crippen LogP contribution in [-0.2, 0) is 0 Å². The molecular formula is C14H27N5. The smallest absolute Gasteiger partial charge is 0.134 e. The molecular weight excluding hydrogens is 238 g/mol. The summed E-state index contributed by atoms with van der Waals surface area (Å²) < 4.78 is 0. The molecule has 1 heterocycles. The van der Waals surface area contributed by atoms with Gasteiger partial charge in [-0.15, -0.1) is 0 Å². The highest BCUT2D eigenvalue weighted by molar-refractivity contribution is 5.56. The van der Waals surface area contributed by atoms with Crippen LogP contribution in [-0.4, -0.2) is 49.1 Å². The van der Waals surface area contributed by atoms with Gasteiger partial charge in [-0.05, 0) is 33.4 Å². The number of hydrogen-bond donors (Lipinski definition) is 2. The maximum Gasteiger partial charge on any atom is 0.134 e. The lowest BCUT2D eigenvalue weighted by atomic mass is 9.93. The maximum atomic E-state index is 4.49. The molecule has 0 aliphatic rings. The Kier molecular flexibility index (Phi) is 5.11. The van der Waals surface area contributed by atoms with E-state index >= 15 is 0 Å². The van der Waals surface area contributed by atoms with E-state index in [1.807, 2.05) is 20.9 Å². The highest BCUT2D eigenvalue weighted by Gasteiger charge is 2.19. The number of nitrogens with one attached hydrogen (secondary N) is 2. The third-order valence-electron chi connectivity index (χ3n) is 2.97. The van der Waals surface area contributed by atoms with Crippen LogP contribution in [0, 0.1) is 19.3 Å². The van der Waals surface area contributed by atoms with Crippen molar-refractivity contribution in [3.63, 3.8) is 0 Å². The molecule has 108 valence electrons. The Labute approximate surface area is 116 Å². The van der Waals surface area contributed by atoms with E-state index in [9.17, 15) is 0 Å². The zero-order valence-corrected chi connectivity index (χ0v) is 13.3. The van der Waals surface area contributed by atoms with Crippen molar-refractivity contribution in [2.45, 2.75) is 27.7 Å². The predicted molar refractivity (Wildman–Crippen MR) is 81.9 cm³/mol.